The van der Waals surface area contributed by atoms with Crippen molar-refractivity contribution in [2.24, 2.45) is 0 Å². The van der Waals surface area contributed by atoms with E-state index in [0.717, 1.165) is 32.5 Å². The highest BCUT2D eigenvalue weighted by molar-refractivity contribution is 9.10. The van der Waals surface area contributed by atoms with Gasteiger partial charge in [0.05, 0.1) is 5.52 Å². The van der Waals surface area contributed by atoms with Gasteiger partial charge in [0.25, 0.3) is 0 Å². The molecule has 0 aliphatic heterocycles. The van der Waals surface area contributed by atoms with Gasteiger partial charge in [0.1, 0.15) is 17.8 Å². The van der Waals surface area contributed by atoms with Crippen molar-refractivity contribution in [2.75, 3.05) is 11.9 Å². The number of aromatic nitrogens is 3. The molecule has 24 heavy (non-hydrogen) atoms. The standard InChI is InChI=1S/C18H13BrN4O/c1-23(18-14-4-2-3-5-15(14)20-11-21-18)17-10-16(22-24-17)12-6-8-13(19)9-7-12/h2-11H,1H3. The molecule has 0 aliphatic carbocycles. The number of rotatable bonds is 3. The predicted molar refractivity (Wildman–Crippen MR) is 97.2 cm³/mol. The first-order valence-corrected chi connectivity index (χ1v) is 8.18. The van der Waals surface area contributed by atoms with E-state index >= 15 is 0 Å². The zero-order valence-electron chi connectivity index (χ0n) is 12.8. The topological polar surface area (TPSA) is 55.1 Å². The van der Waals surface area contributed by atoms with E-state index < -0.39 is 0 Å². The van der Waals surface area contributed by atoms with Crippen LogP contribution in [0.3, 0.4) is 0 Å². The van der Waals surface area contributed by atoms with E-state index in [1.807, 2.05) is 66.5 Å². The third-order valence-electron chi connectivity index (χ3n) is 3.81. The molecule has 0 N–H and O–H groups in total. The highest BCUT2D eigenvalue weighted by Gasteiger charge is 2.15. The number of anilines is 2. The third kappa shape index (κ3) is 2.65. The Hall–Kier alpha value is -2.73. The summed E-state index contributed by atoms with van der Waals surface area (Å²) in [4.78, 5) is 10.6. The van der Waals surface area contributed by atoms with Gasteiger partial charge in [-0.15, -0.1) is 0 Å². The molecule has 5 nitrogen and oxygen atoms in total. The van der Waals surface area contributed by atoms with Crippen molar-refractivity contribution in [1.82, 2.24) is 15.1 Å². The summed E-state index contributed by atoms with van der Waals surface area (Å²) >= 11 is 3.43. The van der Waals surface area contributed by atoms with Crippen LogP contribution in [0.2, 0.25) is 0 Å². The molecule has 4 rings (SSSR count). The van der Waals surface area contributed by atoms with E-state index in [1.54, 1.807) is 6.33 Å². The van der Waals surface area contributed by atoms with Crippen LogP contribution in [0.4, 0.5) is 11.7 Å². The summed E-state index contributed by atoms with van der Waals surface area (Å²) in [5.74, 6) is 1.40. The first-order chi connectivity index (χ1) is 11.7. The normalized spacial score (nSPS) is 10.9. The van der Waals surface area contributed by atoms with Crippen molar-refractivity contribution in [3.63, 3.8) is 0 Å². The number of hydrogen-bond acceptors (Lipinski definition) is 5. The van der Waals surface area contributed by atoms with Gasteiger partial charge < -0.3 is 4.52 Å². The van der Waals surface area contributed by atoms with Gasteiger partial charge in [-0.05, 0) is 24.3 Å². The molecule has 2 aromatic heterocycles. The van der Waals surface area contributed by atoms with Crippen LogP contribution in [0, 0.1) is 0 Å². The van der Waals surface area contributed by atoms with Crippen molar-refractivity contribution < 1.29 is 4.52 Å². The minimum absolute atomic E-state index is 0.622. The number of halogens is 1. The lowest BCUT2D eigenvalue weighted by atomic mass is 10.1. The predicted octanol–water partition coefficient (Wildman–Crippen LogP) is 4.82. The summed E-state index contributed by atoms with van der Waals surface area (Å²) in [6.45, 7) is 0. The molecule has 0 saturated carbocycles. The third-order valence-corrected chi connectivity index (χ3v) is 4.34. The fourth-order valence-electron chi connectivity index (χ4n) is 2.54. The van der Waals surface area contributed by atoms with Crippen LogP contribution < -0.4 is 4.90 Å². The molecule has 2 heterocycles. The quantitative estimate of drug-likeness (QED) is 0.510. The molecule has 0 radical (unpaired) electrons. The zero-order valence-corrected chi connectivity index (χ0v) is 14.4. The van der Waals surface area contributed by atoms with E-state index in [0.29, 0.717) is 5.88 Å². The molecule has 0 unspecified atom stereocenters. The minimum Gasteiger partial charge on any atom is -0.338 e. The summed E-state index contributed by atoms with van der Waals surface area (Å²) in [5, 5.41) is 5.13. The van der Waals surface area contributed by atoms with E-state index in [1.165, 1.54) is 0 Å². The fourth-order valence-corrected chi connectivity index (χ4v) is 2.81. The molecule has 2 aromatic carbocycles. The lowest BCUT2D eigenvalue weighted by Crippen LogP contribution is -2.11. The van der Waals surface area contributed by atoms with Crippen LogP contribution >= 0.6 is 15.9 Å². The van der Waals surface area contributed by atoms with Crippen LogP contribution in [-0.4, -0.2) is 22.2 Å². The Bertz CT molecular complexity index is 992. The van der Waals surface area contributed by atoms with Crippen molar-refractivity contribution in [1.29, 1.82) is 0 Å². The first kappa shape index (κ1) is 14.8. The molecule has 0 fully saturated rings. The molecule has 0 saturated heterocycles. The van der Waals surface area contributed by atoms with E-state index in [-0.39, 0.29) is 0 Å². The van der Waals surface area contributed by atoms with Crippen molar-refractivity contribution in [2.45, 2.75) is 0 Å². The number of fused-ring (bicyclic) bond motifs is 1. The molecule has 0 aliphatic rings. The summed E-state index contributed by atoms with van der Waals surface area (Å²) < 4.78 is 6.55. The molecule has 0 atom stereocenters. The Morgan fingerprint density at radius 2 is 1.79 bits per heavy atom. The molecule has 118 valence electrons. The second kappa shape index (κ2) is 6.05. The van der Waals surface area contributed by atoms with Crippen molar-refractivity contribution in [3.05, 3.63) is 65.4 Å². The second-order valence-corrected chi connectivity index (χ2v) is 6.25. The monoisotopic (exact) mass is 380 g/mol. The minimum atomic E-state index is 0.622. The van der Waals surface area contributed by atoms with Gasteiger partial charge >= 0.3 is 0 Å². The van der Waals surface area contributed by atoms with Gasteiger partial charge in [-0.25, -0.2) is 9.97 Å². The zero-order chi connectivity index (χ0) is 16.5. The van der Waals surface area contributed by atoms with Crippen molar-refractivity contribution >= 4 is 38.5 Å². The molecular weight excluding hydrogens is 368 g/mol. The molecule has 0 spiro atoms. The highest BCUT2D eigenvalue weighted by Crippen LogP contribution is 2.31. The van der Waals surface area contributed by atoms with Gasteiger partial charge in [0.2, 0.25) is 5.88 Å². The highest BCUT2D eigenvalue weighted by atomic mass is 79.9. The van der Waals surface area contributed by atoms with E-state index in [2.05, 4.69) is 31.1 Å². The SMILES string of the molecule is CN(c1cc(-c2ccc(Br)cc2)no1)c1ncnc2ccccc12. The molecular formula is C18H13BrN4O. The van der Waals surface area contributed by atoms with E-state index in [4.69, 9.17) is 4.52 Å². The average Bonchev–Trinajstić information content (AvgIpc) is 3.11. The summed E-state index contributed by atoms with van der Waals surface area (Å²) in [6, 6.07) is 17.7. The Morgan fingerprint density at radius 3 is 2.62 bits per heavy atom. The van der Waals surface area contributed by atoms with Crippen LogP contribution in [0.5, 0.6) is 0 Å². The molecule has 0 bridgehead atoms. The lowest BCUT2D eigenvalue weighted by molar-refractivity contribution is 0.428. The van der Waals surface area contributed by atoms with Gasteiger partial charge in [-0.3, -0.25) is 4.90 Å². The Kier molecular flexibility index (Phi) is 3.74. The van der Waals surface area contributed by atoms with E-state index in [9.17, 15) is 0 Å². The van der Waals surface area contributed by atoms with Gasteiger partial charge in [-0.1, -0.05) is 45.4 Å². The largest absolute Gasteiger partial charge is 0.338 e. The molecule has 6 heteroatoms. The Morgan fingerprint density at radius 1 is 1.00 bits per heavy atom. The molecule has 0 amide bonds. The maximum atomic E-state index is 5.52. The Labute approximate surface area is 147 Å². The number of hydrogen-bond donors (Lipinski definition) is 0. The van der Waals surface area contributed by atoms with Gasteiger partial charge in [0.15, 0.2) is 0 Å². The number of para-hydroxylation sites is 1. The molecule has 4 aromatic rings. The Balaban J connectivity index is 1.72. The van der Waals surface area contributed by atoms with Crippen LogP contribution in [0.15, 0.2) is 69.9 Å². The second-order valence-electron chi connectivity index (χ2n) is 5.33. The maximum Gasteiger partial charge on any atom is 0.233 e. The van der Waals surface area contributed by atoms with Crippen LogP contribution in [0.1, 0.15) is 0 Å². The van der Waals surface area contributed by atoms with Gasteiger partial charge in [-0.2, -0.15) is 0 Å². The summed E-state index contributed by atoms with van der Waals surface area (Å²) in [5.41, 5.74) is 2.67. The van der Waals surface area contributed by atoms with Crippen LogP contribution in [-0.2, 0) is 0 Å². The lowest BCUT2D eigenvalue weighted by Gasteiger charge is -2.15. The number of nitrogens with zero attached hydrogens (tertiary/aromatic N) is 4. The maximum absolute atomic E-state index is 5.52. The summed E-state index contributed by atoms with van der Waals surface area (Å²) in [6.07, 6.45) is 1.56. The number of benzene rings is 2. The summed E-state index contributed by atoms with van der Waals surface area (Å²) in [7, 11) is 1.90. The average molecular weight is 381 g/mol. The first-order valence-electron chi connectivity index (χ1n) is 7.38. The fraction of sp³-hybridized carbons (Fsp3) is 0.0556. The van der Waals surface area contributed by atoms with Crippen LogP contribution in [0.25, 0.3) is 22.2 Å². The smallest absolute Gasteiger partial charge is 0.233 e. The van der Waals surface area contributed by atoms with Crippen molar-refractivity contribution in [3.8, 4) is 11.3 Å². The van der Waals surface area contributed by atoms with Gasteiger partial charge in [0, 0.05) is 28.5 Å².